The van der Waals surface area contributed by atoms with E-state index in [-0.39, 0.29) is 11.7 Å². The third-order valence-corrected chi connectivity index (χ3v) is 7.53. The van der Waals surface area contributed by atoms with E-state index in [2.05, 4.69) is 33.3 Å². The molecule has 0 radical (unpaired) electrons. The second-order valence-corrected chi connectivity index (χ2v) is 9.25. The topological polar surface area (TPSA) is 35.6 Å². The molecule has 3 heterocycles. The summed E-state index contributed by atoms with van der Waals surface area (Å²) in [6.45, 7) is 4.75. The van der Waals surface area contributed by atoms with Gasteiger partial charge < -0.3 is 15.1 Å². The van der Waals surface area contributed by atoms with E-state index in [4.69, 9.17) is 0 Å². The second-order valence-electron chi connectivity index (χ2n) is 8.12. The number of thioether (sulfide) groups is 1. The highest BCUT2D eigenvalue weighted by Crippen LogP contribution is 2.50. The van der Waals surface area contributed by atoms with Crippen LogP contribution in [0.15, 0.2) is 47.4 Å². The molecule has 6 heteroatoms. The number of nitrogens with one attached hydrogen (secondary N) is 1. The molecule has 4 nitrogen and oxygen atoms in total. The first-order valence-corrected chi connectivity index (χ1v) is 11.5. The molecular weight excluding hydrogens is 385 g/mol. The van der Waals surface area contributed by atoms with Gasteiger partial charge in [-0.3, -0.25) is 4.79 Å². The molecule has 152 valence electrons. The maximum Gasteiger partial charge on any atom is 0.251 e. The van der Waals surface area contributed by atoms with Crippen LogP contribution in [0, 0.1) is 5.82 Å². The number of hydrogen-bond acceptors (Lipinski definition) is 4. The van der Waals surface area contributed by atoms with Crippen LogP contribution >= 0.6 is 11.8 Å². The summed E-state index contributed by atoms with van der Waals surface area (Å²) < 4.78 is 13.0. The number of carbonyl (C=O) groups excluding carboxylic acids is 1. The van der Waals surface area contributed by atoms with E-state index in [1.165, 1.54) is 65.6 Å². The molecule has 0 bridgehead atoms. The average molecular weight is 412 g/mol. The quantitative estimate of drug-likeness (QED) is 0.832. The van der Waals surface area contributed by atoms with Gasteiger partial charge >= 0.3 is 0 Å². The number of hydrogen-bond donors (Lipinski definition) is 1. The van der Waals surface area contributed by atoms with E-state index in [9.17, 15) is 9.18 Å². The Morgan fingerprint density at radius 2 is 2.03 bits per heavy atom. The van der Waals surface area contributed by atoms with Gasteiger partial charge in [0.1, 0.15) is 5.82 Å². The Bertz CT molecular complexity index is 903. The zero-order valence-corrected chi connectivity index (χ0v) is 17.3. The van der Waals surface area contributed by atoms with Gasteiger partial charge in [-0.2, -0.15) is 0 Å². The fourth-order valence-electron chi connectivity index (χ4n) is 5.04. The molecular formula is C23H26FN3OS. The number of amides is 1. The van der Waals surface area contributed by atoms with E-state index in [1.54, 1.807) is 0 Å². The molecule has 3 aliphatic heterocycles. The van der Waals surface area contributed by atoms with Crippen molar-refractivity contribution < 1.29 is 9.18 Å². The first kappa shape index (κ1) is 18.9. The number of benzene rings is 2. The Kier molecular flexibility index (Phi) is 5.22. The Balaban J connectivity index is 1.22. The summed E-state index contributed by atoms with van der Waals surface area (Å²) in [5, 5.41) is 2.98. The van der Waals surface area contributed by atoms with Gasteiger partial charge in [0.05, 0.1) is 5.69 Å². The lowest BCUT2D eigenvalue weighted by Gasteiger charge is -2.39. The van der Waals surface area contributed by atoms with E-state index in [1.807, 2.05) is 11.8 Å². The molecule has 0 saturated carbocycles. The molecule has 2 atom stereocenters. The van der Waals surface area contributed by atoms with Crippen molar-refractivity contribution in [3.05, 3.63) is 59.4 Å². The lowest BCUT2D eigenvalue weighted by Crippen LogP contribution is -2.48. The Morgan fingerprint density at radius 3 is 2.90 bits per heavy atom. The third-order valence-electron chi connectivity index (χ3n) is 6.40. The van der Waals surface area contributed by atoms with Crippen molar-refractivity contribution in [2.75, 3.05) is 43.4 Å². The fourth-order valence-corrected chi connectivity index (χ4v) is 6.08. The van der Waals surface area contributed by atoms with Crippen LogP contribution in [0.4, 0.5) is 10.1 Å². The molecule has 5 rings (SSSR count). The van der Waals surface area contributed by atoms with Gasteiger partial charge in [-0.1, -0.05) is 12.1 Å². The van der Waals surface area contributed by atoms with Gasteiger partial charge in [-0.25, -0.2) is 4.39 Å². The number of carbonyl (C=O) groups is 1. The highest BCUT2D eigenvalue weighted by atomic mass is 32.2. The smallest absolute Gasteiger partial charge is 0.251 e. The molecule has 0 aromatic heterocycles. The molecule has 2 aromatic rings. The van der Waals surface area contributed by atoms with E-state index in [0.717, 1.165) is 19.6 Å². The highest BCUT2D eigenvalue weighted by Gasteiger charge is 2.43. The summed E-state index contributed by atoms with van der Waals surface area (Å²) in [7, 11) is 0. The predicted molar refractivity (Wildman–Crippen MR) is 115 cm³/mol. The normalized spacial score (nSPS) is 23.3. The van der Waals surface area contributed by atoms with Crippen molar-refractivity contribution in [3.8, 4) is 0 Å². The van der Waals surface area contributed by atoms with Crippen LogP contribution in [0.3, 0.4) is 0 Å². The van der Waals surface area contributed by atoms with Crippen LogP contribution in [-0.2, 0) is 0 Å². The van der Waals surface area contributed by atoms with Gasteiger partial charge in [0.15, 0.2) is 0 Å². The van der Waals surface area contributed by atoms with Crippen LogP contribution in [-0.4, -0.2) is 55.3 Å². The third kappa shape index (κ3) is 3.64. The monoisotopic (exact) mass is 411 g/mol. The molecule has 2 aromatic carbocycles. The van der Waals surface area contributed by atoms with Crippen molar-refractivity contribution in [1.82, 2.24) is 10.2 Å². The molecule has 1 N–H and O–H groups in total. The van der Waals surface area contributed by atoms with Crippen molar-refractivity contribution in [2.45, 2.75) is 29.7 Å². The van der Waals surface area contributed by atoms with Gasteiger partial charge in [0.2, 0.25) is 0 Å². The van der Waals surface area contributed by atoms with Crippen LogP contribution in [0.25, 0.3) is 0 Å². The molecule has 1 saturated heterocycles. The molecule has 1 amide bonds. The zero-order valence-electron chi connectivity index (χ0n) is 16.4. The number of likely N-dealkylation sites (tertiary alicyclic amines) is 1. The Labute approximate surface area is 175 Å². The lowest BCUT2D eigenvalue weighted by molar-refractivity contribution is 0.0944. The average Bonchev–Trinajstić information content (AvgIpc) is 2.89. The minimum atomic E-state index is -0.323. The molecule has 0 spiro atoms. The standard InChI is InChI=1S/C23H26FN3OS/c24-17-7-5-16(6-8-17)23(28)25-10-13-26-12-9-20-19(15-26)18-3-1-4-21-22(18)27(20)11-2-14-29-21/h1,3-8,19-20H,2,9-15H2,(H,25,28)/t19-,20-/m1/s1. The van der Waals surface area contributed by atoms with Gasteiger partial charge in [0, 0.05) is 55.1 Å². The first-order valence-electron chi connectivity index (χ1n) is 10.5. The number of nitrogens with zero attached hydrogens (tertiary/aromatic N) is 2. The first-order chi connectivity index (χ1) is 14.2. The molecule has 1 fully saturated rings. The minimum Gasteiger partial charge on any atom is -0.367 e. The molecule has 0 aliphatic carbocycles. The highest BCUT2D eigenvalue weighted by molar-refractivity contribution is 7.99. The summed E-state index contributed by atoms with van der Waals surface area (Å²) in [5.74, 6) is 1.31. The van der Waals surface area contributed by atoms with Crippen molar-refractivity contribution in [2.24, 2.45) is 0 Å². The fraction of sp³-hybridized carbons (Fsp3) is 0.435. The van der Waals surface area contributed by atoms with Gasteiger partial charge in [-0.15, -0.1) is 11.8 Å². The number of piperidine rings is 1. The number of rotatable bonds is 4. The minimum absolute atomic E-state index is 0.138. The van der Waals surface area contributed by atoms with Crippen molar-refractivity contribution in [3.63, 3.8) is 0 Å². The predicted octanol–water partition coefficient (Wildman–Crippen LogP) is 3.73. The molecule has 29 heavy (non-hydrogen) atoms. The number of halogens is 1. The van der Waals surface area contributed by atoms with Gasteiger partial charge in [-0.05, 0) is 54.5 Å². The maximum atomic E-state index is 13.0. The largest absolute Gasteiger partial charge is 0.367 e. The van der Waals surface area contributed by atoms with Crippen molar-refractivity contribution >= 4 is 23.4 Å². The summed E-state index contributed by atoms with van der Waals surface area (Å²) in [5.41, 5.74) is 3.52. The van der Waals surface area contributed by atoms with Crippen LogP contribution < -0.4 is 10.2 Å². The van der Waals surface area contributed by atoms with Gasteiger partial charge in [0.25, 0.3) is 5.91 Å². The lowest BCUT2D eigenvalue weighted by atomic mass is 9.89. The Hall–Kier alpha value is -2.05. The number of para-hydroxylation sites is 1. The Morgan fingerprint density at radius 1 is 1.17 bits per heavy atom. The van der Waals surface area contributed by atoms with Crippen LogP contribution in [0.5, 0.6) is 0 Å². The van der Waals surface area contributed by atoms with Crippen LogP contribution in [0.1, 0.15) is 34.7 Å². The van der Waals surface area contributed by atoms with E-state index < -0.39 is 0 Å². The van der Waals surface area contributed by atoms with E-state index in [0.29, 0.717) is 24.1 Å². The van der Waals surface area contributed by atoms with E-state index >= 15 is 0 Å². The van der Waals surface area contributed by atoms with Crippen molar-refractivity contribution in [1.29, 1.82) is 0 Å². The zero-order chi connectivity index (χ0) is 19.8. The van der Waals surface area contributed by atoms with Crippen LogP contribution in [0.2, 0.25) is 0 Å². The SMILES string of the molecule is O=C(NCCN1CC[C@@H]2[C@H](C1)c1cccc3c1N2CCCS3)c1ccc(F)cc1. The molecule has 3 aliphatic rings. The maximum absolute atomic E-state index is 13.0. The number of anilines is 1. The summed E-state index contributed by atoms with van der Waals surface area (Å²) in [6.07, 6.45) is 2.43. The summed E-state index contributed by atoms with van der Waals surface area (Å²) in [4.78, 5) is 18.9. The second kappa shape index (κ2) is 8.00. The molecule has 0 unspecified atom stereocenters. The summed E-state index contributed by atoms with van der Waals surface area (Å²) >= 11 is 2.00. The number of fused-ring (bicyclic) bond motifs is 3. The summed E-state index contributed by atoms with van der Waals surface area (Å²) in [6, 6.07) is 13.1.